The van der Waals surface area contributed by atoms with Gasteiger partial charge in [0, 0.05) is 37.2 Å². The number of anilines is 1. The molecule has 0 amide bonds. The van der Waals surface area contributed by atoms with Gasteiger partial charge < -0.3 is 14.2 Å². The van der Waals surface area contributed by atoms with Crippen LogP contribution in [0.15, 0.2) is 65.4 Å². The van der Waals surface area contributed by atoms with Crippen molar-refractivity contribution in [2.75, 3.05) is 11.9 Å². The molecule has 1 aromatic carbocycles. The van der Waals surface area contributed by atoms with Gasteiger partial charge in [-0.25, -0.2) is 4.98 Å². The van der Waals surface area contributed by atoms with Gasteiger partial charge in [0.1, 0.15) is 11.6 Å². The maximum atomic E-state index is 12.4. The highest BCUT2D eigenvalue weighted by atomic mass is 19.4. The molecule has 0 aliphatic heterocycles. The molecule has 0 fully saturated rings. The van der Waals surface area contributed by atoms with E-state index in [0.717, 1.165) is 29.3 Å². The fourth-order valence-electron chi connectivity index (χ4n) is 3.92. The Morgan fingerprint density at radius 3 is 2.51 bits per heavy atom. The Morgan fingerprint density at radius 2 is 1.85 bits per heavy atom. The van der Waals surface area contributed by atoms with Gasteiger partial charge in [0.2, 0.25) is 5.82 Å². The highest BCUT2D eigenvalue weighted by molar-refractivity contribution is 5.59. The van der Waals surface area contributed by atoms with E-state index in [9.17, 15) is 13.2 Å². The molecule has 0 unspecified atom stereocenters. The smallest absolute Gasteiger partial charge is 0.406 e. The summed E-state index contributed by atoms with van der Waals surface area (Å²) < 4.78 is 50.1. The molecule has 5 aromatic rings. The molecule has 0 atom stereocenters. The molecule has 5 rings (SSSR count). The minimum atomic E-state index is -4.76. The molecule has 0 saturated carbocycles. The van der Waals surface area contributed by atoms with Crippen LogP contribution < -0.4 is 9.64 Å². The largest absolute Gasteiger partial charge is 0.573 e. The lowest BCUT2D eigenvalue weighted by atomic mass is 10.2. The molecule has 13 heteroatoms. The van der Waals surface area contributed by atoms with Crippen LogP contribution >= 0.6 is 0 Å². The van der Waals surface area contributed by atoms with E-state index >= 15 is 0 Å². The number of ether oxygens (including phenoxy) is 1. The van der Waals surface area contributed by atoms with E-state index in [4.69, 9.17) is 4.52 Å². The van der Waals surface area contributed by atoms with Gasteiger partial charge in [-0.3, -0.25) is 9.36 Å². The third-order valence-electron chi connectivity index (χ3n) is 5.92. The van der Waals surface area contributed by atoms with E-state index < -0.39 is 6.36 Å². The van der Waals surface area contributed by atoms with Crippen LogP contribution in [0.25, 0.3) is 23.0 Å². The number of aromatic nitrogens is 7. The summed E-state index contributed by atoms with van der Waals surface area (Å²) in [5, 5.41) is 13.0. The van der Waals surface area contributed by atoms with Crippen molar-refractivity contribution >= 4 is 5.82 Å². The summed E-state index contributed by atoms with van der Waals surface area (Å²) in [6.07, 6.45) is -0.982. The maximum absolute atomic E-state index is 12.4. The lowest BCUT2D eigenvalue weighted by Crippen LogP contribution is -2.18. The number of aryl methyl sites for hydroxylation is 2. The molecule has 4 aromatic heterocycles. The highest BCUT2D eigenvalue weighted by Crippen LogP contribution is 2.27. The number of halogens is 3. The van der Waals surface area contributed by atoms with Crippen LogP contribution in [0.5, 0.6) is 5.75 Å². The third kappa shape index (κ3) is 6.25. The average molecular weight is 539 g/mol. The first-order chi connectivity index (χ1) is 18.7. The van der Waals surface area contributed by atoms with Crippen molar-refractivity contribution in [3.05, 3.63) is 77.9 Å². The molecule has 0 N–H and O–H groups in total. The van der Waals surface area contributed by atoms with E-state index in [1.54, 1.807) is 4.68 Å². The van der Waals surface area contributed by atoms with E-state index in [0.29, 0.717) is 24.3 Å². The quantitative estimate of drug-likeness (QED) is 0.256. The van der Waals surface area contributed by atoms with Crippen molar-refractivity contribution in [1.29, 1.82) is 0 Å². The second kappa shape index (κ2) is 10.6. The lowest BCUT2D eigenvalue weighted by Gasteiger charge is -2.17. The molecule has 10 nitrogen and oxygen atoms in total. The van der Waals surface area contributed by atoms with E-state index in [1.165, 1.54) is 24.3 Å². The Labute approximate surface area is 221 Å². The topological polar surface area (TPSA) is 99.9 Å². The zero-order valence-corrected chi connectivity index (χ0v) is 21.4. The molecule has 0 spiro atoms. The summed E-state index contributed by atoms with van der Waals surface area (Å²) >= 11 is 0. The predicted octanol–water partition coefficient (Wildman–Crippen LogP) is 5.10. The number of nitrogens with zero attached hydrogens (tertiary/aromatic N) is 8. The van der Waals surface area contributed by atoms with Gasteiger partial charge in [-0.15, -0.1) is 13.2 Å². The summed E-state index contributed by atoms with van der Waals surface area (Å²) in [6.45, 7) is 5.94. The van der Waals surface area contributed by atoms with Gasteiger partial charge in [0.15, 0.2) is 5.69 Å². The fraction of sp³-hybridized carbons (Fsp3) is 0.269. The Hall–Kier alpha value is -4.68. The van der Waals surface area contributed by atoms with Gasteiger partial charge in [-0.2, -0.15) is 15.2 Å². The Bertz CT molecular complexity index is 1540. The van der Waals surface area contributed by atoms with Crippen LogP contribution in [0.2, 0.25) is 0 Å². The molecular formula is C26H25F3N8O2. The number of benzene rings is 1. The predicted molar refractivity (Wildman–Crippen MR) is 136 cm³/mol. The molecule has 0 saturated heterocycles. The first kappa shape index (κ1) is 25.9. The number of hydrogen-bond acceptors (Lipinski definition) is 8. The zero-order chi connectivity index (χ0) is 27.6. The second-order valence-electron chi connectivity index (χ2n) is 8.87. The van der Waals surface area contributed by atoms with Crippen LogP contribution in [0.3, 0.4) is 0 Å². The molecule has 0 bridgehead atoms. The summed E-state index contributed by atoms with van der Waals surface area (Å²) in [7, 11) is 1.97. The number of alkyl halides is 3. The summed E-state index contributed by atoms with van der Waals surface area (Å²) in [5.41, 5.74) is 3.78. The first-order valence-electron chi connectivity index (χ1n) is 12.1. The average Bonchev–Trinajstić information content (AvgIpc) is 3.65. The second-order valence-corrected chi connectivity index (χ2v) is 8.87. The SMILES string of the molecule is CCn1ccc(CN(C)c2ccc(Cn3nc(-c4nc(-c5ccc(OC(F)(F)F)cc5)no4)cc3C)cn2)n1. The monoisotopic (exact) mass is 538 g/mol. The molecule has 4 heterocycles. The van der Waals surface area contributed by atoms with Crippen molar-refractivity contribution in [2.24, 2.45) is 0 Å². The van der Waals surface area contributed by atoms with Crippen molar-refractivity contribution in [3.8, 4) is 28.7 Å². The Kier molecular flexibility index (Phi) is 7.05. The fourth-order valence-corrected chi connectivity index (χ4v) is 3.92. The minimum absolute atomic E-state index is 0.197. The molecule has 0 radical (unpaired) electrons. The van der Waals surface area contributed by atoms with Gasteiger partial charge in [0.25, 0.3) is 5.89 Å². The number of pyridine rings is 1. The van der Waals surface area contributed by atoms with Gasteiger partial charge >= 0.3 is 6.36 Å². The minimum Gasteiger partial charge on any atom is -0.406 e. The summed E-state index contributed by atoms with van der Waals surface area (Å²) in [6, 6.07) is 13.0. The van der Waals surface area contributed by atoms with E-state index in [1.807, 2.05) is 67.1 Å². The summed E-state index contributed by atoms with van der Waals surface area (Å²) in [5.74, 6) is 0.922. The maximum Gasteiger partial charge on any atom is 0.573 e. The highest BCUT2D eigenvalue weighted by Gasteiger charge is 2.31. The number of rotatable bonds is 9. The van der Waals surface area contributed by atoms with Crippen molar-refractivity contribution in [3.63, 3.8) is 0 Å². The normalized spacial score (nSPS) is 11.6. The van der Waals surface area contributed by atoms with Crippen molar-refractivity contribution < 1.29 is 22.4 Å². The Morgan fingerprint density at radius 1 is 1.05 bits per heavy atom. The number of hydrogen-bond donors (Lipinski definition) is 0. The standard InChI is InChI=1S/C26H25F3N8O2/c1-4-36-12-11-20(32-36)16-35(3)23-10-5-18(14-30-23)15-37-17(2)13-22(33-37)25-31-24(34-39-25)19-6-8-21(9-7-19)38-26(27,28)29/h5-14H,4,15-16H2,1-3H3. The van der Waals surface area contributed by atoms with E-state index in [-0.39, 0.29) is 17.5 Å². The molecule has 202 valence electrons. The van der Waals surface area contributed by atoms with Crippen LogP contribution in [-0.2, 0) is 19.6 Å². The van der Waals surface area contributed by atoms with Gasteiger partial charge in [-0.1, -0.05) is 11.2 Å². The zero-order valence-electron chi connectivity index (χ0n) is 21.4. The van der Waals surface area contributed by atoms with Crippen LogP contribution in [0.4, 0.5) is 19.0 Å². The molecule has 0 aliphatic carbocycles. The first-order valence-corrected chi connectivity index (χ1v) is 12.1. The van der Waals surface area contributed by atoms with Crippen LogP contribution in [-0.4, -0.2) is 48.1 Å². The Balaban J connectivity index is 1.24. The van der Waals surface area contributed by atoms with E-state index in [2.05, 4.69) is 30.1 Å². The van der Waals surface area contributed by atoms with Crippen molar-refractivity contribution in [2.45, 2.75) is 39.8 Å². The molecule has 39 heavy (non-hydrogen) atoms. The van der Waals surface area contributed by atoms with Gasteiger partial charge in [-0.05, 0) is 61.9 Å². The summed E-state index contributed by atoms with van der Waals surface area (Å²) in [4.78, 5) is 11.0. The molecule has 0 aliphatic rings. The third-order valence-corrected chi connectivity index (χ3v) is 5.92. The van der Waals surface area contributed by atoms with Crippen LogP contribution in [0, 0.1) is 6.92 Å². The lowest BCUT2D eigenvalue weighted by molar-refractivity contribution is -0.274. The van der Waals surface area contributed by atoms with Gasteiger partial charge in [0.05, 0.1) is 18.8 Å². The van der Waals surface area contributed by atoms with Crippen LogP contribution in [0.1, 0.15) is 23.9 Å². The van der Waals surface area contributed by atoms with Crippen molar-refractivity contribution in [1.82, 2.24) is 34.7 Å². The molecular weight excluding hydrogens is 513 g/mol.